The summed E-state index contributed by atoms with van der Waals surface area (Å²) in [5.41, 5.74) is 2.21. The topological polar surface area (TPSA) is 72.7 Å². The summed E-state index contributed by atoms with van der Waals surface area (Å²) in [6.45, 7) is 4.73. The van der Waals surface area contributed by atoms with Crippen molar-refractivity contribution in [2.24, 2.45) is 4.99 Å². The zero-order valence-electron chi connectivity index (χ0n) is 18.0. The van der Waals surface area contributed by atoms with Gasteiger partial charge in [-0.05, 0) is 55.3 Å². The van der Waals surface area contributed by atoms with Crippen LogP contribution in [-0.2, 0) is 6.42 Å². The van der Waals surface area contributed by atoms with Crippen LogP contribution in [0.4, 0.5) is 0 Å². The zero-order chi connectivity index (χ0) is 21.0. The van der Waals surface area contributed by atoms with Gasteiger partial charge in [0.15, 0.2) is 5.96 Å². The highest BCUT2D eigenvalue weighted by atomic mass is 127. The fraction of sp³-hybridized carbons (Fsp3) is 0.304. The Morgan fingerprint density at radius 2 is 1.77 bits per heavy atom. The summed E-state index contributed by atoms with van der Waals surface area (Å²) in [6, 6.07) is 17.7. The number of nitrogens with zero attached hydrogens (tertiary/aromatic N) is 3. The summed E-state index contributed by atoms with van der Waals surface area (Å²) >= 11 is 0. The molecule has 0 atom stereocenters. The molecule has 0 aliphatic heterocycles. The molecule has 3 rings (SSSR count). The predicted octanol–water partition coefficient (Wildman–Crippen LogP) is 3.68. The van der Waals surface area contributed by atoms with Crippen LogP contribution in [0, 0.1) is 0 Å². The second-order valence-electron chi connectivity index (χ2n) is 6.59. The Bertz CT molecular complexity index is 913. The molecule has 31 heavy (non-hydrogen) atoms. The van der Waals surface area contributed by atoms with E-state index in [1.165, 1.54) is 0 Å². The molecule has 2 N–H and O–H groups in total. The van der Waals surface area contributed by atoms with Crippen molar-refractivity contribution in [3.63, 3.8) is 0 Å². The van der Waals surface area contributed by atoms with Crippen LogP contribution in [0.1, 0.15) is 12.5 Å². The molecule has 0 aliphatic carbocycles. The molecule has 0 spiro atoms. The van der Waals surface area contributed by atoms with Gasteiger partial charge in [-0.3, -0.25) is 4.99 Å². The summed E-state index contributed by atoms with van der Waals surface area (Å²) in [6.07, 6.45) is 4.77. The van der Waals surface area contributed by atoms with Crippen LogP contribution in [0.15, 0.2) is 72.0 Å². The van der Waals surface area contributed by atoms with Crippen molar-refractivity contribution in [2.75, 3.05) is 33.4 Å². The SMILES string of the molecule is CCNC(=NCCc1cnn(-c2ccccc2)c1)NCCOc1ccc(OC)cc1.I. The molecule has 0 amide bonds. The summed E-state index contributed by atoms with van der Waals surface area (Å²) in [4.78, 5) is 4.64. The average molecular weight is 535 g/mol. The number of hydrogen-bond donors (Lipinski definition) is 2. The number of guanidine groups is 1. The van der Waals surface area contributed by atoms with Crippen LogP contribution in [0.25, 0.3) is 5.69 Å². The Morgan fingerprint density at radius 3 is 2.48 bits per heavy atom. The van der Waals surface area contributed by atoms with E-state index in [0.717, 1.165) is 41.7 Å². The largest absolute Gasteiger partial charge is 0.497 e. The third kappa shape index (κ3) is 8.12. The number of hydrogen-bond acceptors (Lipinski definition) is 4. The number of aliphatic imine (C=N–C) groups is 1. The Morgan fingerprint density at radius 1 is 1.03 bits per heavy atom. The first-order valence-electron chi connectivity index (χ1n) is 10.2. The second-order valence-corrected chi connectivity index (χ2v) is 6.59. The number of para-hydroxylation sites is 1. The molecule has 2 aromatic carbocycles. The van der Waals surface area contributed by atoms with Crippen LogP contribution in [0.5, 0.6) is 11.5 Å². The van der Waals surface area contributed by atoms with E-state index in [9.17, 15) is 0 Å². The molecule has 1 aromatic heterocycles. The number of aromatic nitrogens is 2. The number of halogens is 1. The molecule has 7 nitrogen and oxygen atoms in total. The maximum atomic E-state index is 5.74. The Kier molecular flexibility index (Phi) is 10.7. The fourth-order valence-corrected chi connectivity index (χ4v) is 2.86. The molecule has 166 valence electrons. The standard InChI is InChI=1S/C23H29N5O2.HI/c1-3-24-23(26-15-16-30-22-11-9-21(29-2)10-12-22)25-14-13-19-17-27-28(18-19)20-7-5-4-6-8-20;/h4-12,17-18H,3,13-16H2,1-2H3,(H2,24,25,26);1H. The number of nitrogens with one attached hydrogen (secondary N) is 2. The number of benzene rings is 2. The van der Waals surface area contributed by atoms with E-state index < -0.39 is 0 Å². The van der Waals surface area contributed by atoms with Crippen molar-refractivity contribution in [1.29, 1.82) is 0 Å². The van der Waals surface area contributed by atoms with E-state index in [1.807, 2.05) is 71.7 Å². The number of ether oxygens (including phenoxy) is 2. The molecular weight excluding hydrogens is 505 g/mol. The molecule has 0 radical (unpaired) electrons. The summed E-state index contributed by atoms with van der Waals surface area (Å²) in [7, 11) is 1.65. The molecule has 0 aliphatic rings. The lowest BCUT2D eigenvalue weighted by Gasteiger charge is -2.12. The van der Waals surface area contributed by atoms with Crippen molar-refractivity contribution >= 4 is 29.9 Å². The summed E-state index contributed by atoms with van der Waals surface area (Å²) < 4.78 is 12.8. The Labute approximate surface area is 200 Å². The van der Waals surface area contributed by atoms with Crippen molar-refractivity contribution < 1.29 is 9.47 Å². The number of rotatable bonds is 10. The summed E-state index contributed by atoms with van der Waals surface area (Å²) in [5.74, 6) is 2.41. The minimum Gasteiger partial charge on any atom is -0.497 e. The quantitative estimate of drug-likeness (QED) is 0.180. The van der Waals surface area contributed by atoms with Gasteiger partial charge < -0.3 is 20.1 Å². The van der Waals surface area contributed by atoms with E-state index in [1.54, 1.807) is 7.11 Å². The van der Waals surface area contributed by atoms with Gasteiger partial charge in [-0.15, -0.1) is 24.0 Å². The van der Waals surface area contributed by atoms with Gasteiger partial charge in [-0.2, -0.15) is 5.10 Å². The molecule has 3 aromatic rings. The highest BCUT2D eigenvalue weighted by Gasteiger charge is 2.02. The first-order valence-corrected chi connectivity index (χ1v) is 10.2. The zero-order valence-corrected chi connectivity index (χ0v) is 20.3. The van der Waals surface area contributed by atoms with Gasteiger partial charge in [0.25, 0.3) is 0 Å². The van der Waals surface area contributed by atoms with Gasteiger partial charge >= 0.3 is 0 Å². The molecule has 0 unspecified atom stereocenters. The van der Waals surface area contributed by atoms with E-state index in [-0.39, 0.29) is 24.0 Å². The first kappa shape index (κ1) is 24.5. The van der Waals surface area contributed by atoms with E-state index in [0.29, 0.717) is 19.7 Å². The van der Waals surface area contributed by atoms with Gasteiger partial charge in [0.1, 0.15) is 18.1 Å². The minimum absolute atomic E-state index is 0. The molecule has 1 heterocycles. The van der Waals surface area contributed by atoms with Gasteiger partial charge in [0, 0.05) is 19.3 Å². The Balaban J connectivity index is 0.00000341. The van der Waals surface area contributed by atoms with Gasteiger partial charge in [0.05, 0.1) is 25.5 Å². The van der Waals surface area contributed by atoms with Gasteiger partial charge in [-0.25, -0.2) is 4.68 Å². The van der Waals surface area contributed by atoms with E-state index in [4.69, 9.17) is 9.47 Å². The molecule has 0 bridgehead atoms. The van der Waals surface area contributed by atoms with Crippen molar-refractivity contribution in [1.82, 2.24) is 20.4 Å². The highest BCUT2D eigenvalue weighted by Crippen LogP contribution is 2.16. The van der Waals surface area contributed by atoms with Crippen LogP contribution in [0.2, 0.25) is 0 Å². The average Bonchev–Trinajstić information content (AvgIpc) is 3.26. The Hall–Kier alpha value is -2.75. The van der Waals surface area contributed by atoms with Crippen LogP contribution < -0.4 is 20.1 Å². The third-order valence-electron chi connectivity index (χ3n) is 4.39. The lowest BCUT2D eigenvalue weighted by atomic mass is 10.2. The molecule has 0 saturated carbocycles. The highest BCUT2D eigenvalue weighted by molar-refractivity contribution is 14.0. The van der Waals surface area contributed by atoms with Crippen LogP contribution in [-0.4, -0.2) is 49.1 Å². The molecule has 0 fully saturated rings. The van der Waals surface area contributed by atoms with Crippen molar-refractivity contribution in [3.05, 3.63) is 72.6 Å². The predicted molar refractivity (Wildman–Crippen MR) is 135 cm³/mol. The molecular formula is C23H30IN5O2. The molecule has 0 saturated heterocycles. The smallest absolute Gasteiger partial charge is 0.191 e. The lowest BCUT2D eigenvalue weighted by Crippen LogP contribution is -2.39. The molecule has 8 heteroatoms. The van der Waals surface area contributed by atoms with Crippen molar-refractivity contribution in [2.45, 2.75) is 13.3 Å². The fourth-order valence-electron chi connectivity index (χ4n) is 2.86. The van der Waals surface area contributed by atoms with Gasteiger partial charge in [0.2, 0.25) is 0 Å². The maximum Gasteiger partial charge on any atom is 0.191 e. The maximum absolute atomic E-state index is 5.74. The minimum atomic E-state index is 0. The van der Waals surface area contributed by atoms with Gasteiger partial charge in [-0.1, -0.05) is 18.2 Å². The normalized spacial score (nSPS) is 10.8. The monoisotopic (exact) mass is 535 g/mol. The third-order valence-corrected chi connectivity index (χ3v) is 4.39. The second kappa shape index (κ2) is 13.5. The van der Waals surface area contributed by atoms with Crippen LogP contribution >= 0.6 is 24.0 Å². The van der Waals surface area contributed by atoms with E-state index >= 15 is 0 Å². The van der Waals surface area contributed by atoms with Crippen LogP contribution in [0.3, 0.4) is 0 Å². The van der Waals surface area contributed by atoms with Crippen molar-refractivity contribution in [3.8, 4) is 17.2 Å². The number of methoxy groups -OCH3 is 1. The van der Waals surface area contributed by atoms with E-state index in [2.05, 4.69) is 27.6 Å². The first-order chi connectivity index (χ1) is 14.8. The summed E-state index contributed by atoms with van der Waals surface area (Å²) in [5, 5.41) is 11.0. The lowest BCUT2D eigenvalue weighted by molar-refractivity contribution is 0.321.